The second-order valence-corrected chi connectivity index (χ2v) is 6.63. The van der Waals surface area contributed by atoms with Gasteiger partial charge in [0.15, 0.2) is 0 Å². The number of hydrogen-bond acceptors (Lipinski definition) is 5. The first-order chi connectivity index (χ1) is 10.4. The minimum Gasteiger partial charge on any atom is -0.616 e. The fourth-order valence-corrected chi connectivity index (χ4v) is 2.30. The van der Waals surface area contributed by atoms with Crippen molar-refractivity contribution in [3.05, 3.63) is 0 Å². The summed E-state index contributed by atoms with van der Waals surface area (Å²) >= 11 is 4.46. The Hall–Kier alpha value is -0.850. The van der Waals surface area contributed by atoms with Gasteiger partial charge in [-0.1, -0.05) is 43.0 Å². The SMILES string of the molecule is O=C(CBr)NNC(=O)CC[S+]([O-])CCC(=O)NNC(=O)CBr. The summed E-state index contributed by atoms with van der Waals surface area (Å²) in [6, 6.07) is 0. The number of amides is 4. The van der Waals surface area contributed by atoms with Crippen molar-refractivity contribution < 1.29 is 23.7 Å². The van der Waals surface area contributed by atoms with Crippen LogP contribution in [0.1, 0.15) is 12.8 Å². The number of halogens is 2. The van der Waals surface area contributed by atoms with Crippen LogP contribution in [0.25, 0.3) is 0 Å². The van der Waals surface area contributed by atoms with Crippen LogP contribution in [0.2, 0.25) is 0 Å². The molecule has 0 radical (unpaired) electrons. The predicted molar refractivity (Wildman–Crippen MR) is 87.3 cm³/mol. The van der Waals surface area contributed by atoms with Crippen molar-refractivity contribution >= 4 is 66.7 Å². The lowest BCUT2D eigenvalue weighted by molar-refractivity contribution is -0.127. The molecule has 0 atom stereocenters. The molecular formula is C10H16Br2N4O5S. The maximum atomic E-state index is 11.6. The fraction of sp³-hybridized carbons (Fsp3) is 0.600. The van der Waals surface area contributed by atoms with Crippen molar-refractivity contribution in [2.24, 2.45) is 0 Å². The molecule has 9 nitrogen and oxygen atoms in total. The Labute approximate surface area is 147 Å². The van der Waals surface area contributed by atoms with Gasteiger partial charge < -0.3 is 4.55 Å². The Morgan fingerprint density at radius 1 is 0.727 bits per heavy atom. The molecular weight excluding hydrogens is 448 g/mol. The average molecular weight is 464 g/mol. The van der Waals surface area contributed by atoms with Gasteiger partial charge in [-0.3, -0.25) is 40.9 Å². The van der Waals surface area contributed by atoms with E-state index in [9.17, 15) is 23.7 Å². The molecule has 0 rings (SSSR count). The topological polar surface area (TPSA) is 139 Å². The molecule has 0 heterocycles. The second kappa shape index (κ2) is 12.7. The highest BCUT2D eigenvalue weighted by Crippen LogP contribution is 1.97. The van der Waals surface area contributed by atoms with E-state index in [1.165, 1.54) is 0 Å². The van der Waals surface area contributed by atoms with Crippen molar-refractivity contribution in [3.63, 3.8) is 0 Å². The first-order valence-electron chi connectivity index (χ1n) is 6.01. The van der Waals surface area contributed by atoms with E-state index in [2.05, 4.69) is 53.6 Å². The summed E-state index contributed by atoms with van der Waals surface area (Å²) in [4.78, 5) is 44.3. The number of nitrogens with one attached hydrogen (secondary N) is 4. The third kappa shape index (κ3) is 11.8. The molecule has 0 unspecified atom stereocenters. The van der Waals surface area contributed by atoms with E-state index in [0.29, 0.717) is 0 Å². The molecule has 0 aromatic rings. The summed E-state index contributed by atoms with van der Waals surface area (Å²) in [5.74, 6) is -1.63. The van der Waals surface area contributed by atoms with Crippen LogP contribution in [0.15, 0.2) is 0 Å². The molecule has 0 fully saturated rings. The summed E-state index contributed by atoms with van der Waals surface area (Å²) in [6.45, 7) is 0. The van der Waals surface area contributed by atoms with Crippen molar-refractivity contribution in [1.82, 2.24) is 21.7 Å². The molecule has 0 bridgehead atoms. The lowest BCUT2D eigenvalue weighted by Gasteiger charge is -2.11. The van der Waals surface area contributed by atoms with E-state index in [4.69, 9.17) is 0 Å². The first-order valence-corrected chi connectivity index (χ1v) is 9.74. The van der Waals surface area contributed by atoms with E-state index in [1.54, 1.807) is 0 Å². The van der Waals surface area contributed by atoms with Gasteiger partial charge in [0.05, 0.1) is 23.5 Å². The summed E-state index contributed by atoms with van der Waals surface area (Å²) in [5, 5.41) is 0.111. The van der Waals surface area contributed by atoms with Crippen LogP contribution in [-0.2, 0) is 30.4 Å². The maximum Gasteiger partial charge on any atom is 0.249 e. The third-order valence-corrected chi connectivity index (χ3v) is 4.38. The molecule has 0 saturated carbocycles. The zero-order chi connectivity index (χ0) is 17.0. The molecule has 0 aliphatic heterocycles. The summed E-state index contributed by atoms with van der Waals surface area (Å²) in [6.07, 6.45) is -0.0891. The molecule has 0 aromatic heterocycles. The molecule has 126 valence electrons. The molecule has 0 spiro atoms. The van der Waals surface area contributed by atoms with E-state index in [1.807, 2.05) is 0 Å². The Morgan fingerprint density at radius 2 is 1.05 bits per heavy atom. The highest BCUT2D eigenvalue weighted by molar-refractivity contribution is 9.09. The van der Waals surface area contributed by atoms with Gasteiger partial charge in [-0.25, -0.2) is 0 Å². The Morgan fingerprint density at radius 3 is 1.36 bits per heavy atom. The van der Waals surface area contributed by atoms with Gasteiger partial charge in [-0.05, 0) is 0 Å². The monoisotopic (exact) mass is 462 g/mol. The summed E-state index contributed by atoms with van der Waals surface area (Å²) in [7, 11) is 0. The number of carbonyl (C=O) groups excluding carboxylic acids is 4. The molecule has 4 N–H and O–H groups in total. The lowest BCUT2D eigenvalue weighted by Crippen LogP contribution is -2.43. The highest BCUT2D eigenvalue weighted by Gasteiger charge is 2.13. The van der Waals surface area contributed by atoms with Gasteiger partial charge in [-0.15, -0.1) is 0 Å². The van der Waals surface area contributed by atoms with Gasteiger partial charge >= 0.3 is 0 Å². The quantitative estimate of drug-likeness (QED) is 0.199. The Kier molecular flexibility index (Phi) is 12.2. The number of carbonyl (C=O) groups is 4. The van der Waals surface area contributed by atoms with Crippen LogP contribution in [0.5, 0.6) is 0 Å². The number of rotatable bonds is 8. The van der Waals surface area contributed by atoms with Gasteiger partial charge in [0, 0.05) is 0 Å². The van der Waals surface area contributed by atoms with E-state index < -0.39 is 34.8 Å². The Balaban J connectivity index is 3.74. The summed E-state index contributed by atoms with van der Waals surface area (Å²) < 4.78 is 11.6. The average Bonchev–Trinajstić information content (AvgIpc) is 2.53. The molecule has 0 saturated heterocycles. The minimum atomic E-state index is -1.36. The third-order valence-electron chi connectivity index (χ3n) is 2.04. The second-order valence-electron chi connectivity index (χ2n) is 3.81. The van der Waals surface area contributed by atoms with E-state index >= 15 is 0 Å². The maximum absolute atomic E-state index is 11.6. The van der Waals surface area contributed by atoms with Crippen molar-refractivity contribution in [2.45, 2.75) is 12.8 Å². The van der Waals surface area contributed by atoms with Crippen molar-refractivity contribution in [1.29, 1.82) is 0 Å². The van der Waals surface area contributed by atoms with Gasteiger partial charge in [0.1, 0.15) is 11.5 Å². The molecule has 12 heteroatoms. The van der Waals surface area contributed by atoms with Gasteiger partial charge in [-0.2, -0.15) is 0 Å². The van der Waals surface area contributed by atoms with Crippen LogP contribution >= 0.6 is 31.9 Å². The molecule has 0 aliphatic carbocycles. The van der Waals surface area contributed by atoms with Crippen LogP contribution < -0.4 is 21.7 Å². The molecule has 0 aliphatic rings. The zero-order valence-corrected chi connectivity index (χ0v) is 15.4. The van der Waals surface area contributed by atoms with Crippen LogP contribution in [-0.4, -0.2) is 50.3 Å². The molecule has 0 aromatic carbocycles. The minimum absolute atomic E-state index is 0.0445. The zero-order valence-electron chi connectivity index (χ0n) is 11.4. The smallest absolute Gasteiger partial charge is 0.249 e. The first kappa shape index (κ1) is 21.1. The van der Waals surface area contributed by atoms with Crippen LogP contribution in [0.3, 0.4) is 0 Å². The van der Waals surface area contributed by atoms with Crippen LogP contribution in [0, 0.1) is 0 Å². The van der Waals surface area contributed by atoms with Gasteiger partial charge in [0.2, 0.25) is 23.6 Å². The van der Waals surface area contributed by atoms with Crippen molar-refractivity contribution in [2.75, 3.05) is 22.2 Å². The standard InChI is InChI=1S/C10H16Br2N4O5S/c11-5-9(19)15-13-7(17)1-3-22(21)4-2-8(18)14-16-10(20)6-12/h1-6H2,(H,13,17)(H,14,18)(H,15,19)(H,16,20). The number of alkyl halides is 2. The number of hydrogen-bond donors (Lipinski definition) is 4. The Bertz CT molecular complexity index is 377. The van der Waals surface area contributed by atoms with E-state index in [0.717, 1.165) is 0 Å². The normalized spacial score (nSPS) is 10.0. The van der Waals surface area contributed by atoms with Crippen molar-refractivity contribution in [3.8, 4) is 0 Å². The van der Waals surface area contributed by atoms with Crippen LogP contribution in [0.4, 0.5) is 0 Å². The number of hydrazine groups is 2. The van der Waals surface area contributed by atoms with E-state index in [-0.39, 0.29) is 35.0 Å². The van der Waals surface area contributed by atoms with Gasteiger partial charge in [0.25, 0.3) is 0 Å². The molecule has 22 heavy (non-hydrogen) atoms. The molecule has 4 amide bonds. The summed E-state index contributed by atoms with van der Waals surface area (Å²) in [5.41, 5.74) is 8.61. The predicted octanol–water partition coefficient (Wildman–Crippen LogP) is -1.40. The largest absolute Gasteiger partial charge is 0.616 e. The fourth-order valence-electron chi connectivity index (χ4n) is 0.986. The highest BCUT2D eigenvalue weighted by atomic mass is 79.9. The lowest BCUT2D eigenvalue weighted by atomic mass is 10.5.